The highest BCUT2D eigenvalue weighted by atomic mass is 16.5. The first-order chi connectivity index (χ1) is 10.2. The molecule has 1 atom stereocenters. The molecule has 2 rings (SSSR count). The number of aliphatic hydroxyl groups excluding tert-OH is 1. The van der Waals surface area contributed by atoms with Crippen molar-refractivity contribution in [2.75, 3.05) is 19.0 Å². The molecule has 0 aliphatic carbocycles. The fourth-order valence-corrected chi connectivity index (χ4v) is 2.32. The van der Waals surface area contributed by atoms with Gasteiger partial charge in [-0.15, -0.1) is 0 Å². The van der Waals surface area contributed by atoms with Gasteiger partial charge in [0.2, 0.25) is 0 Å². The minimum Gasteiger partial charge on any atom is -0.495 e. The number of aliphatic hydroxyl groups is 1. The minimum atomic E-state index is -0.384. The van der Waals surface area contributed by atoms with Crippen molar-refractivity contribution in [2.24, 2.45) is 0 Å². The SMILES string of the molecule is COc1ccccc1NC(C)(CO)CCc1ccccc1. The maximum atomic E-state index is 9.78. The topological polar surface area (TPSA) is 41.5 Å². The first kappa shape index (κ1) is 15.4. The molecule has 2 aromatic carbocycles. The highest BCUT2D eigenvalue weighted by molar-refractivity contribution is 5.57. The summed E-state index contributed by atoms with van der Waals surface area (Å²) in [7, 11) is 1.65. The number of methoxy groups -OCH3 is 1. The van der Waals surface area contributed by atoms with Crippen LogP contribution in [0.5, 0.6) is 5.75 Å². The van der Waals surface area contributed by atoms with E-state index in [-0.39, 0.29) is 12.1 Å². The fraction of sp³-hybridized carbons (Fsp3) is 0.333. The lowest BCUT2D eigenvalue weighted by molar-refractivity contribution is 0.214. The number of benzene rings is 2. The molecule has 0 aromatic heterocycles. The van der Waals surface area contributed by atoms with E-state index in [0.717, 1.165) is 24.3 Å². The Labute approximate surface area is 126 Å². The molecular formula is C18H23NO2. The van der Waals surface area contributed by atoms with Gasteiger partial charge >= 0.3 is 0 Å². The van der Waals surface area contributed by atoms with Crippen molar-refractivity contribution in [3.63, 3.8) is 0 Å². The summed E-state index contributed by atoms with van der Waals surface area (Å²) in [4.78, 5) is 0. The molecule has 0 aliphatic rings. The number of anilines is 1. The van der Waals surface area contributed by atoms with Crippen LogP contribution in [0.15, 0.2) is 54.6 Å². The Hall–Kier alpha value is -2.00. The molecule has 0 fully saturated rings. The van der Waals surface area contributed by atoms with E-state index in [1.807, 2.05) is 49.4 Å². The normalized spacial score (nSPS) is 13.5. The summed E-state index contributed by atoms with van der Waals surface area (Å²) in [6, 6.07) is 18.1. The Morgan fingerprint density at radius 1 is 1.05 bits per heavy atom. The van der Waals surface area contributed by atoms with Gasteiger partial charge in [-0.1, -0.05) is 42.5 Å². The van der Waals surface area contributed by atoms with Crippen molar-refractivity contribution in [1.82, 2.24) is 0 Å². The number of para-hydroxylation sites is 2. The van der Waals surface area contributed by atoms with Gasteiger partial charge in [-0.2, -0.15) is 0 Å². The Morgan fingerprint density at radius 3 is 2.38 bits per heavy atom. The molecule has 0 heterocycles. The van der Waals surface area contributed by atoms with E-state index in [1.54, 1.807) is 7.11 Å². The summed E-state index contributed by atoms with van der Waals surface area (Å²) in [6.07, 6.45) is 1.76. The quantitative estimate of drug-likeness (QED) is 0.818. The van der Waals surface area contributed by atoms with Crippen molar-refractivity contribution in [3.05, 3.63) is 60.2 Å². The lowest BCUT2D eigenvalue weighted by atomic mass is 9.93. The van der Waals surface area contributed by atoms with Crippen molar-refractivity contribution in [2.45, 2.75) is 25.3 Å². The Bertz CT molecular complexity index is 556. The zero-order valence-corrected chi connectivity index (χ0v) is 12.7. The van der Waals surface area contributed by atoms with Gasteiger partial charge in [0, 0.05) is 0 Å². The predicted molar refractivity (Wildman–Crippen MR) is 86.9 cm³/mol. The van der Waals surface area contributed by atoms with Crippen LogP contribution in [-0.2, 0) is 6.42 Å². The summed E-state index contributed by atoms with van der Waals surface area (Å²) in [5.74, 6) is 0.789. The summed E-state index contributed by atoms with van der Waals surface area (Å²) in [5.41, 5.74) is 1.80. The number of ether oxygens (including phenoxy) is 1. The van der Waals surface area contributed by atoms with Gasteiger partial charge < -0.3 is 15.2 Å². The molecule has 3 nitrogen and oxygen atoms in total. The van der Waals surface area contributed by atoms with Crippen LogP contribution in [0, 0.1) is 0 Å². The van der Waals surface area contributed by atoms with Crippen molar-refractivity contribution >= 4 is 5.69 Å². The second-order valence-electron chi connectivity index (χ2n) is 5.53. The van der Waals surface area contributed by atoms with Gasteiger partial charge in [-0.05, 0) is 37.5 Å². The van der Waals surface area contributed by atoms with E-state index < -0.39 is 0 Å². The molecule has 112 valence electrons. The van der Waals surface area contributed by atoms with Crippen LogP contribution in [0.25, 0.3) is 0 Å². The van der Waals surface area contributed by atoms with E-state index in [1.165, 1.54) is 5.56 Å². The number of nitrogens with one attached hydrogen (secondary N) is 1. The number of hydrogen-bond acceptors (Lipinski definition) is 3. The van der Waals surface area contributed by atoms with Gasteiger partial charge in [0.05, 0.1) is 24.9 Å². The summed E-state index contributed by atoms with van der Waals surface area (Å²) in [6.45, 7) is 2.10. The predicted octanol–water partition coefficient (Wildman–Crippen LogP) is 3.49. The highest BCUT2D eigenvalue weighted by Crippen LogP contribution is 2.28. The summed E-state index contributed by atoms with van der Waals surface area (Å²) < 4.78 is 5.35. The van der Waals surface area contributed by atoms with Crippen molar-refractivity contribution in [1.29, 1.82) is 0 Å². The van der Waals surface area contributed by atoms with E-state index in [9.17, 15) is 5.11 Å². The van der Waals surface area contributed by atoms with Gasteiger partial charge in [0.25, 0.3) is 0 Å². The molecule has 2 aromatic rings. The van der Waals surface area contributed by atoms with E-state index in [2.05, 4.69) is 17.4 Å². The molecule has 1 unspecified atom stereocenters. The minimum absolute atomic E-state index is 0.0673. The zero-order valence-electron chi connectivity index (χ0n) is 12.7. The second-order valence-corrected chi connectivity index (χ2v) is 5.53. The average Bonchev–Trinajstić information content (AvgIpc) is 2.54. The summed E-state index contributed by atoms with van der Waals surface area (Å²) >= 11 is 0. The first-order valence-corrected chi connectivity index (χ1v) is 7.23. The van der Waals surface area contributed by atoms with Crippen LogP contribution in [0.3, 0.4) is 0 Å². The standard InChI is InChI=1S/C18H23NO2/c1-18(14-20,13-12-15-8-4-3-5-9-15)19-16-10-6-7-11-17(16)21-2/h3-11,19-20H,12-14H2,1-2H3. The molecule has 2 N–H and O–H groups in total. The largest absolute Gasteiger partial charge is 0.495 e. The van der Waals surface area contributed by atoms with Crippen LogP contribution >= 0.6 is 0 Å². The Kier molecular flexibility index (Phi) is 5.23. The molecule has 3 heteroatoms. The third-order valence-corrected chi connectivity index (χ3v) is 3.70. The lowest BCUT2D eigenvalue weighted by Crippen LogP contribution is -2.39. The van der Waals surface area contributed by atoms with Crippen LogP contribution in [0.4, 0.5) is 5.69 Å². The summed E-state index contributed by atoms with van der Waals surface area (Å²) in [5, 5.41) is 13.2. The molecule has 0 saturated carbocycles. The van der Waals surface area contributed by atoms with Gasteiger partial charge in [0.15, 0.2) is 0 Å². The lowest BCUT2D eigenvalue weighted by Gasteiger charge is -2.30. The second kappa shape index (κ2) is 7.14. The van der Waals surface area contributed by atoms with Crippen LogP contribution in [-0.4, -0.2) is 24.4 Å². The van der Waals surface area contributed by atoms with Gasteiger partial charge in [-0.25, -0.2) is 0 Å². The zero-order chi connectivity index (χ0) is 15.1. The molecular weight excluding hydrogens is 262 g/mol. The molecule has 0 spiro atoms. The number of hydrogen-bond donors (Lipinski definition) is 2. The maximum Gasteiger partial charge on any atom is 0.141 e. The molecule has 0 radical (unpaired) electrons. The smallest absolute Gasteiger partial charge is 0.141 e. The Morgan fingerprint density at radius 2 is 1.71 bits per heavy atom. The van der Waals surface area contributed by atoms with Crippen LogP contribution in [0.1, 0.15) is 18.9 Å². The van der Waals surface area contributed by atoms with Crippen LogP contribution in [0.2, 0.25) is 0 Å². The van der Waals surface area contributed by atoms with Crippen molar-refractivity contribution < 1.29 is 9.84 Å². The molecule has 0 amide bonds. The fourth-order valence-electron chi connectivity index (χ4n) is 2.32. The average molecular weight is 285 g/mol. The number of aryl methyl sites for hydroxylation is 1. The van der Waals surface area contributed by atoms with Crippen LogP contribution < -0.4 is 10.1 Å². The molecule has 0 saturated heterocycles. The first-order valence-electron chi connectivity index (χ1n) is 7.23. The number of rotatable bonds is 7. The van der Waals surface area contributed by atoms with E-state index in [0.29, 0.717) is 0 Å². The monoisotopic (exact) mass is 285 g/mol. The third kappa shape index (κ3) is 4.23. The molecule has 0 bridgehead atoms. The Balaban J connectivity index is 2.06. The van der Waals surface area contributed by atoms with Gasteiger partial charge in [0.1, 0.15) is 5.75 Å². The van der Waals surface area contributed by atoms with E-state index >= 15 is 0 Å². The third-order valence-electron chi connectivity index (χ3n) is 3.70. The maximum absolute atomic E-state index is 9.78. The molecule has 0 aliphatic heterocycles. The highest BCUT2D eigenvalue weighted by Gasteiger charge is 2.24. The van der Waals surface area contributed by atoms with Crippen molar-refractivity contribution in [3.8, 4) is 5.75 Å². The van der Waals surface area contributed by atoms with E-state index in [4.69, 9.17) is 4.74 Å². The molecule has 21 heavy (non-hydrogen) atoms. The van der Waals surface area contributed by atoms with Gasteiger partial charge in [-0.3, -0.25) is 0 Å².